The molecule has 1 aromatic heterocycles. The molecule has 1 N–H and O–H groups in total. The molecule has 8 heteroatoms. The second kappa shape index (κ2) is 8.46. The summed E-state index contributed by atoms with van der Waals surface area (Å²) in [7, 11) is 3.14. The Morgan fingerprint density at radius 2 is 1.83 bits per heavy atom. The van der Waals surface area contributed by atoms with Crippen LogP contribution in [0.3, 0.4) is 0 Å². The van der Waals surface area contributed by atoms with Crippen molar-refractivity contribution >= 4 is 16.8 Å². The van der Waals surface area contributed by atoms with Crippen LogP contribution in [-0.2, 0) is 11.3 Å². The first kappa shape index (κ1) is 19.8. The monoisotopic (exact) mass is 410 g/mol. The Balaban J connectivity index is 1.64. The second-order valence-corrected chi connectivity index (χ2v) is 6.86. The van der Waals surface area contributed by atoms with Gasteiger partial charge in [0.1, 0.15) is 5.75 Å². The fourth-order valence-corrected chi connectivity index (χ4v) is 3.33. The van der Waals surface area contributed by atoms with Crippen LogP contribution >= 0.6 is 0 Å². The highest BCUT2D eigenvalue weighted by atomic mass is 16.7. The summed E-state index contributed by atoms with van der Waals surface area (Å²) in [6, 6.07) is 12.2. The maximum absolute atomic E-state index is 13.1. The van der Waals surface area contributed by atoms with Crippen molar-refractivity contribution < 1.29 is 23.7 Å². The van der Waals surface area contributed by atoms with Crippen LogP contribution in [0.2, 0.25) is 0 Å². The number of carbonyl (C=O) groups excluding carboxylic acids is 1. The van der Waals surface area contributed by atoms with Gasteiger partial charge < -0.3 is 28.8 Å². The van der Waals surface area contributed by atoms with Crippen molar-refractivity contribution in [2.24, 2.45) is 0 Å². The lowest BCUT2D eigenvalue weighted by atomic mass is 10.1. The minimum absolute atomic E-state index is 0.147. The molecule has 0 spiro atoms. The number of benzene rings is 2. The zero-order valence-corrected chi connectivity index (χ0v) is 16.8. The number of methoxy groups -OCH3 is 2. The van der Waals surface area contributed by atoms with Gasteiger partial charge in [-0.1, -0.05) is 0 Å². The van der Waals surface area contributed by atoms with Gasteiger partial charge in [-0.3, -0.25) is 9.59 Å². The topological polar surface area (TPSA) is 90.1 Å². The van der Waals surface area contributed by atoms with Gasteiger partial charge in [0.15, 0.2) is 11.5 Å². The molecule has 4 rings (SSSR count). The Morgan fingerprint density at radius 3 is 2.53 bits per heavy atom. The molecule has 1 aliphatic heterocycles. The summed E-state index contributed by atoms with van der Waals surface area (Å²) in [6.07, 6.45) is 0. The molecule has 3 aromatic rings. The lowest BCUT2D eigenvalue weighted by Gasteiger charge is -2.22. The number of rotatable bonds is 7. The Morgan fingerprint density at radius 1 is 1.10 bits per heavy atom. The molecule has 0 saturated heterocycles. The van der Waals surface area contributed by atoms with Crippen LogP contribution in [0.15, 0.2) is 47.3 Å². The normalized spacial score (nSPS) is 12.2. The summed E-state index contributed by atoms with van der Waals surface area (Å²) in [5.41, 5.74) is 1.37. The highest BCUT2D eigenvalue weighted by Crippen LogP contribution is 2.35. The van der Waals surface area contributed by atoms with E-state index in [0.29, 0.717) is 47.0 Å². The standard InChI is InChI=1S/C22H22N2O6/c1-27-8-7-24(22(26)14-3-5-17(28-2)6-4-14)12-16-9-15-10-19-20(30-13-29-19)11-18(15)23-21(16)25/h3-6,9-11H,7-8,12-13H2,1-2H3,(H,23,25). The Bertz CT molecular complexity index is 1120. The molecule has 0 aliphatic carbocycles. The number of nitrogens with one attached hydrogen (secondary N) is 1. The lowest BCUT2D eigenvalue weighted by molar-refractivity contribution is 0.0679. The van der Waals surface area contributed by atoms with Crippen LogP contribution in [-0.4, -0.2) is 50.0 Å². The fourth-order valence-electron chi connectivity index (χ4n) is 3.33. The van der Waals surface area contributed by atoms with Gasteiger partial charge in [-0.05, 0) is 36.4 Å². The van der Waals surface area contributed by atoms with Crippen molar-refractivity contribution in [3.63, 3.8) is 0 Å². The number of nitrogens with zero attached hydrogens (tertiary/aromatic N) is 1. The first-order valence-electron chi connectivity index (χ1n) is 9.47. The van der Waals surface area contributed by atoms with Crippen LogP contribution in [0, 0.1) is 0 Å². The van der Waals surface area contributed by atoms with E-state index in [4.69, 9.17) is 18.9 Å². The zero-order valence-electron chi connectivity index (χ0n) is 16.8. The number of pyridine rings is 1. The van der Waals surface area contributed by atoms with Crippen molar-refractivity contribution in [1.29, 1.82) is 0 Å². The third kappa shape index (κ3) is 3.95. The van der Waals surface area contributed by atoms with E-state index in [1.54, 1.807) is 55.5 Å². The van der Waals surface area contributed by atoms with E-state index in [-0.39, 0.29) is 24.8 Å². The predicted molar refractivity (Wildman–Crippen MR) is 110 cm³/mol. The summed E-state index contributed by atoms with van der Waals surface area (Å²) >= 11 is 0. The average Bonchev–Trinajstić information content (AvgIpc) is 3.22. The van der Waals surface area contributed by atoms with Crippen LogP contribution in [0.5, 0.6) is 17.2 Å². The van der Waals surface area contributed by atoms with Gasteiger partial charge in [-0.15, -0.1) is 0 Å². The van der Waals surface area contributed by atoms with Gasteiger partial charge in [0.05, 0.1) is 25.8 Å². The summed E-state index contributed by atoms with van der Waals surface area (Å²) in [6.45, 7) is 1.00. The largest absolute Gasteiger partial charge is 0.497 e. The molecule has 2 heterocycles. The van der Waals surface area contributed by atoms with Crippen molar-refractivity contribution in [1.82, 2.24) is 9.88 Å². The van der Waals surface area contributed by atoms with Crippen molar-refractivity contribution in [3.05, 3.63) is 63.9 Å². The molecular weight excluding hydrogens is 388 g/mol. The summed E-state index contributed by atoms with van der Waals surface area (Å²) < 4.78 is 21.1. The minimum atomic E-state index is -0.258. The highest BCUT2D eigenvalue weighted by Gasteiger charge is 2.19. The molecule has 1 amide bonds. The number of hydrogen-bond acceptors (Lipinski definition) is 6. The Labute approximate surface area is 172 Å². The molecule has 0 radical (unpaired) electrons. The molecule has 0 bridgehead atoms. The number of aromatic nitrogens is 1. The smallest absolute Gasteiger partial charge is 0.254 e. The Kier molecular flexibility index (Phi) is 5.58. The summed E-state index contributed by atoms with van der Waals surface area (Å²) in [5, 5.41) is 0.803. The van der Waals surface area contributed by atoms with Crippen molar-refractivity contribution in [3.8, 4) is 17.2 Å². The van der Waals surface area contributed by atoms with Crippen LogP contribution in [0.25, 0.3) is 10.9 Å². The number of carbonyl (C=O) groups is 1. The SMILES string of the molecule is COCCN(Cc1cc2cc3c(cc2[nH]c1=O)OCO3)C(=O)c1ccc(OC)cc1. The third-order valence-electron chi connectivity index (χ3n) is 4.97. The average molecular weight is 410 g/mol. The molecule has 8 nitrogen and oxygen atoms in total. The summed E-state index contributed by atoms with van der Waals surface area (Å²) in [5.74, 6) is 1.70. The predicted octanol–water partition coefficient (Wildman–Crippen LogP) is 2.55. The van der Waals surface area contributed by atoms with Crippen molar-refractivity contribution in [2.75, 3.05) is 34.2 Å². The molecule has 156 valence electrons. The zero-order chi connectivity index (χ0) is 21.1. The number of aromatic amines is 1. The molecule has 30 heavy (non-hydrogen) atoms. The molecular formula is C22H22N2O6. The molecule has 0 unspecified atom stereocenters. The van der Waals surface area contributed by atoms with Crippen LogP contribution in [0.4, 0.5) is 0 Å². The third-order valence-corrected chi connectivity index (χ3v) is 4.97. The van der Waals surface area contributed by atoms with E-state index in [2.05, 4.69) is 4.98 Å². The van der Waals surface area contributed by atoms with Gasteiger partial charge in [0.25, 0.3) is 11.5 Å². The number of fused-ring (bicyclic) bond motifs is 2. The van der Waals surface area contributed by atoms with E-state index < -0.39 is 0 Å². The van der Waals surface area contributed by atoms with Gasteiger partial charge in [-0.2, -0.15) is 0 Å². The van der Waals surface area contributed by atoms with E-state index >= 15 is 0 Å². The molecule has 1 aliphatic rings. The first-order valence-corrected chi connectivity index (χ1v) is 9.47. The van der Waals surface area contributed by atoms with E-state index in [1.807, 2.05) is 6.07 Å². The minimum Gasteiger partial charge on any atom is -0.497 e. The van der Waals surface area contributed by atoms with Crippen molar-refractivity contribution in [2.45, 2.75) is 6.54 Å². The van der Waals surface area contributed by atoms with E-state index in [0.717, 1.165) is 5.39 Å². The maximum atomic E-state index is 13.1. The molecule has 0 fully saturated rings. The van der Waals surface area contributed by atoms with Gasteiger partial charge in [0.2, 0.25) is 6.79 Å². The highest BCUT2D eigenvalue weighted by molar-refractivity contribution is 5.94. The number of hydrogen-bond donors (Lipinski definition) is 1. The van der Waals surface area contributed by atoms with E-state index in [1.165, 1.54) is 0 Å². The van der Waals surface area contributed by atoms with Crippen LogP contribution < -0.4 is 19.8 Å². The summed E-state index contributed by atoms with van der Waals surface area (Å²) in [4.78, 5) is 30.2. The molecule has 2 aromatic carbocycles. The molecule has 0 saturated carbocycles. The number of ether oxygens (including phenoxy) is 4. The first-order chi connectivity index (χ1) is 14.6. The van der Waals surface area contributed by atoms with Crippen LogP contribution in [0.1, 0.15) is 15.9 Å². The Hall–Kier alpha value is -3.52. The lowest BCUT2D eigenvalue weighted by Crippen LogP contribution is -2.35. The number of H-pyrrole nitrogens is 1. The fraction of sp³-hybridized carbons (Fsp3) is 0.273. The van der Waals surface area contributed by atoms with E-state index in [9.17, 15) is 9.59 Å². The quantitative estimate of drug-likeness (QED) is 0.644. The van der Waals surface area contributed by atoms with Gasteiger partial charge in [0, 0.05) is 36.2 Å². The van der Waals surface area contributed by atoms with Gasteiger partial charge >= 0.3 is 0 Å². The second-order valence-electron chi connectivity index (χ2n) is 6.86. The molecule has 0 atom stereocenters. The maximum Gasteiger partial charge on any atom is 0.254 e. The number of amides is 1. The van der Waals surface area contributed by atoms with Gasteiger partial charge in [-0.25, -0.2) is 0 Å².